The van der Waals surface area contributed by atoms with E-state index in [0.29, 0.717) is 0 Å². The van der Waals surface area contributed by atoms with E-state index in [4.69, 9.17) is 11.6 Å². The number of halogens is 1. The summed E-state index contributed by atoms with van der Waals surface area (Å²) in [5, 5.41) is 5.40. The van der Waals surface area contributed by atoms with E-state index >= 15 is 0 Å². The molecule has 2 aromatic rings. The van der Waals surface area contributed by atoms with Crippen LogP contribution in [-0.2, 0) is 18.1 Å². The fraction of sp³-hybridized carbons (Fsp3) is 0.308. The largest absolute Gasteiger partial charge is 0.249 e. The van der Waals surface area contributed by atoms with Crippen LogP contribution >= 0.6 is 23.4 Å². The van der Waals surface area contributed by atoms with E-state index < -0.39 is 0 Å². The first-order valence-electron chi connectivity index (χ1n) is 5.62. The van der Waals surface area contributed by atoms with Crippen LogP contribution in [0.1, 0.15) is 22.4 Å². The van der Waals surface area contributed by atoms with Gasteiger partial charge in [-0.1, -0.05) is 35.9 Å². The van der Waals surface area contributed by atoms with Crippen molar-refractivity contribution in [2.75, 3.05) is 0 Å². The van der Waals surface area contributed by atoms with Crippen LogP contribution in [0, 0.1) is 6.92 Å². The number of fused-ring (bicyclic) bond motifs is 1. The lowest BCUT2D eigenvalue weighted by Gasteiger charge is -2.07. The highest BCUT2D eigenvalue weighted by molar-refractivity contribution is 7.98. The second-order valence-electron chi connectivity index (χ2n) is 4.29. The summed E-state index contributed by atoms with van der Waals surface area (Å²) in [5.41, 5.74) is 4.95. The average Bonchev–Trinajstić information content (AvgIpc) is 2.87. The Hall–Kier alpha value is -0.930. The van der Waals surface area contributed by atoms with Gasteiger partial charge in [0.2, 0.25) is 0 Å². The van der Waals surface area contributed by atoms with Crippen LogP contribution in [0.15, 0.2) is 24.3 Å². The van der Waals surface area contributed by atoms with E-state index in [9.17, 15) is 0 Å². The van der Waals surface area contributed by atoms with Gasteiger partial charge in [0, 0.05) is 17.1 Å². The Morgan fingerprint density at radius 3 is 2.94 bits per heavy atom. The number of benzene rings is 1. The van der Waals surface area contributed by atoms with E-state index in [1.54, 1.807) is 0 Å². The van der Waals surface area contributed by atoms with Gasteiger partial charge in [0.05, 0.1) is 12.2 Å². The van der Waals surface area contributed by atoms with Crippen molar-refractivity contribution in [3.05, 3.63) is 51.8 Å². The summed E-state index contributed by atoms with van der Waals surface area (Å²) >= 11 is 8.24. The number of hydrogen-bond donors (Lipinski definition) is 0. The fourth-order valence-corrected chi connectivity index (χ4v) is 3.47. The third-order valence-corrected chi connectivity index (χ3v) is 4.53. The highest BCUT2D eigenvalue weighted by Gasteiger charge is 2.21. The lowest BCUT2D eigenvalue weighted by Crippen LogP contribution is -2.04. The smallest absolute Gasteiger partial charge is 0.131 e. The van der Waals surface area contributed by atoms with E-state index in [1.165, 1.54) is 16.7 Å². The van der Waals surface area contributed by atoms with Gasteiger partial charge >= 0.3 is 0 Å². The molecule has 1 aromatic carbocycles. The minimum absolute atomic E-state index is 0.767. The van der Waals surface area contributed by atoms with Crippen LogP contribution < -0.4 is 0 Å². The molecule has 0 aliphatic carbocycles. The molecule has 0 atom stereocenters. The maximum atomic E-state index is 6.36. The molecule has 17 heavy (non-hydrogen) atoms. The van der Waals surface area contributed by atoms with Crippen molar-refractivity contribution >= 4 is 23.4 Å². The van der Waals surface area contributed by atoms with E-state index in [2.05, 4.69) is 36.3 Å². The molecule has 0 N–H and O–H groups in total. The lowest BCUT2D eigenvalue weighted by molar-refractivity contribution is 0.676. The van der Waals surface area contributed by atoms with Crippen molar-refractivity contribution in [3.8, 4) is 0 Å². The Kier molecular flexibility index (Phi) is 2.89. The topological polar surface area (TPSA) is 17.8 Å². The molecule has 3 rings (SSSR count). The van der Waals surface area contributed by atoms with Gasteiger partial charge in [0.1, 0.15) is 5.15 Å². The van der Waals surface area contributed by atoms with E-state index in [-0.39, 0.29) is 0 Å². The highest BCUT2D eigenvalue weighted by atomic mass is 35.5. The normalized spacial score (nSPS) is 14.0. The molecular formula is C13H13ClN2S. The monoisotopic (exact) mass is 264 g/mol. The number of rotatable bonds is 2. The molecule has 0 fully saturated rings. The number of aromatic nitrogens is 2. The molecule has 0 unspecified atom stereocenters. The first-order chi connectivity index (χ1) is 8.25. The van der Waals surface area contributed by atoms with Crippen molar-refractivity contribution in [1.82, 2.24) is 9.78 Å². The molecule has 88 valence electrons. The van der Waals surface area contributed by atoms with Gasteiger partial charge in [-0.3, -0.25) is 0 Å². The predicted molar refractivity (Wildman–Crippen MR) is 72.5 cm³/mol. The van der Waals surface area contributed by atoms with Gasteiger partial charge in [-0.05, 0) is 18.1 Å². The van der Waals surface area contributed by atoms with Crippen molar-refractivity contribution < 1.29 is 0 Å². The molecule has 4 heteroatoms. The van der Waals surface area contributed by atoms with Gasteiger partial charge in [0.15, 0.2) is 0 Å². The predicted octanol–water partition coefficient (Wildman–Crippen LogP) is 3.64. The Labute approximate surface area is 110 Å². The molecule has 0 saturated heterocycles. The Morgan fingerprint density at radius 1 is 1.35 bits per heavy atom. The van der Waals surface area contributed by atoms with E-state index in [0.717, 1.165) is 28.9 Å². The van der Waals surface area contributed by atoms with Crippen LogP contribution in [-0.4, -0.2) is 9.78 Å². The van der Waals surface area contributed by atoms with E-state index in [1.807, 2.05) is 16.4 Å². The molecule has 1 aliphatic heterocycles. The zero-order valence-electron chi connectivity index (χ0n) is 9.61. The summed E-state index contributed by atoms with van der Waals surface area (Å²) in [6.45, 7) is 2.89. The Morgan fingerprint density at radius 2 is 2.18 bits per heavy atom. The number of nitrogens with zero attached hydrogens (tertiary/aromatic N) is 2. The molecule has 1 aromatic heterocycles. The van der Waals surface area contributed by atoms with Gasteiger partial charge in [-0.15, -0.1) is 0 Å². The molecule has 1 aliphatic rings. The van der Waals surface area contributed by atoms with Gasteiger partial charge in [0.25, 0.3) is 0 Å². The molecule has 0 bridgehead atoms. The van der Waals surface area contributed by atoms with Crippen molar-refractivity contribution in [1.29, 1.82) is 0 Å². The van der Waals surface area contributed by atoms with Crippen molar-refractivity contribution in [3.63, 3.8) is 0 Å². The standard InChI is InChI=1S/C13H13ClN2S/c1-9-4-2-3-5-10(9)6-16-13(14)11-7-17-8-12(11)15-16/h2-5H,6-8H2,1H3. The molecule has 2 heterocycles. The van der Waals surface area contributed by atoms with Crippen LogP contribution in [0.2, 0.25) is 5.15 Å². The number of hydrogen-bond acceptors (Lipinski definition) is 2. The summed E-state index contributed by atoms with van der Waals surface area (Å²) in [6, 6.07) is 8.37. The zero-order chi connectivity index (χ0) is 11.8. The van der Waals surface area contributed by atoms with Gasteiger partial charge in [-0.2, -0.15) is 16.9 Å². The van der Waals surface area contributed by atoms with Gasteiger partial charge in [-0.25, -0.2) is 4.68 Å². The Bertz CT molecular complexity index is 563. The third kappa shape index (κ3) is 1.98. The molecule has 0 spiro atoms. The molecule has 0 radical (unpaired) electrons. The maximum absolute atomic E-state index is 6.36. The van der Waals surface area contributed by atoms with Crippen LogP contribution in [0.4, 0.5) is 0 Å². The summed E-state index contributed by atoms with van der Waals surface area (Å²) < 4.78 is 1.92. The second-order valence-corrected chi connectivity index (χ2v) is 5.64. The lowest BCUT2D eigenvalue weighted by atomic mass is 10.1. The first kappa shape index (κ1) is 11.2. The highest BCUT2D eigenvalue weighted by Crippen LogP contribution is 2.34. The number of aryl methyl sites for hydroxylation is 1. The first-order valence-corrected chi connectivity index (χ1v) is 7.15. The van der Waals surface area contributed by atoms with Crippen molar-refractivity contribution in [2.24, 2.45) is 0 Å². The molecule has 2 nitrogen and oxygen atoms in total. The third-order valence-electron chi connectivity index (χ3n) is 3.13. The van der Waals surface area contributed by atoms with Crippen molar-refractivity contribution in [2.45, 2.75) is 25.0 Å². The minimum Gasteiger partial charge on any atom is -0.249 e. The SMILES string of the molecule is Cc1ccccc1Cn1nc2c(c1Cl)CSC2. The quantitative estimate of drug-likeness (QED) is 0.824. The summed E-state index contributed by atoms with van der Waals surface area (Å²) in [7, 11) is 0. The van der Waals surface area contributed by atoms with Crippen LogP contribution in [0.5, 0.6) is 0 Å². The fourth-order valence-electron chi connectivity index (χ4n) is 2.09. The number of thioether (sulfide) groups is 1. The molecule has 0 amide bonds. The minimum atomic E-state index is 0.767. The molecule has 0 saturated carbocycles. The molecular weight excluding hydrogens is 252 g/mol. The summed E-state index contributed by atoms with van der Waals surface area (Å²) in [6.07, 6.45) is 0. The summed E-state index contributed by atoms with van der Waals surface area (Å²) in [5.74, 6) is 2.00. The van der Waals surface area contributed by atoms with Crippen LogP contribution in [0.25, 0.3) is 0 Å². The second kappa shape index (κ2) is 4.39. The average molecular weight is 265 g/mol. The maximum Gasteiger partial charge on any atom is 0.131 e. The van der Waals surface area contributed by atoms with Gasteiger partial charge < -0.3 is 0 Å². The summed E-state index contributed by atoms with van der Waals surface area (Å²) in [4.78, 5) is 0. The van der Waals surface area contributed by atoms with Crippen LogP contribution in [0.3, 0.4) is 0 Å². The Balaban J connectivity index is 1.94. The zero-order valence-corrected chi connectivity index (χ0v) is 11.2.